The van der Waals surface area contributed by atoms with Gasteiger partial charge in [0.25, 0.3) is 10.0 Å². The van der Waals surface area contributed by atoms with E-state index in [0.717, 1.165) is 16.3 Å². The zero-order chi connectivity index (χ0) is 28.4. The van der Waals surface area contributed by atoms with Crippen LogP contribution in [0.15, 0.2) is 83.8 Å². The summed E-state index contributed by atoms with van der Waals surface area (Å²) in [5, 5.41) is 3.34. The molecular formula is C30H36ClN3O4S. The normalized spacial score (nSPS) is 12.0. The van der Waals surface area contributed by atoms with Crippen LogP contribution in [-0.4, -0.2) is 44.3 Å². The Bertz CT molecular complexity index is 1370. The van der Waals surface area contributed by atoms with Gasteiger partial charge in [-0.3, -0.25) is 13.9 Å². The minimum atomic E-state index is -4.10. The monoisotopic (exact) mass is 569 g/mol. The van der Waals surface area contributed by atoms with Crippen molar-refractivity contribution in [1.82, 2.24) is 10.2 Å². The predicted octanol–water partition coefficient (Wildman–Crippen LogP) is 5.43. The van der Waals surface area contributed by atoms with E-state index in [-0.39, 0.29) is 17.3 Å². The van der Waals surface area contributed by atoms with E-state index in [0.29, 0.717) is 35.7 Å². The Kier molecular flexibility index (Phi) is 10.9. The van der Waals surface area contributed by atoms with Gasteiger partial charge in [-0.25, -0.2) is 8.42 Å². The fourth-order valence-electron chi connectivity index (χ4n) is 4.38. The molecule has 0 heterocycles. The van der Waals surface area contributed by atoms with Crippen LogP contribution >= 0.6 is 11.6 Å². The zero-order valence-corrected chi connectivity index (χ0v) is 24.2. The number of para-hydroxylation sites is 1. The van der Waals surface area contributed by atoms with Crippen molar-refractivity contribution in [3.05, 3.63) is 95.0 Å². The molecule has 0 spiro atoms. The second-order valence-corrected chi connectivity index (χ2v) is 11.4. The maximum atomic E-state index is 14.1. The Hall–Kier alpha value is -3.36. The van der Waals surface area contributed by atoms with Crippen LogP contribution in [-0.2, 0) is 32.6 Å². The molecule has 3 rings (SSSR count). The van der Waals surface area contributed by atoms with Crippen molar-refractivity contribution in [2.75, 3.05) is 17.4 Å². The molecule has 0 aromatic heterocycles. The summed E-state index contributed by atoms with van der Waals surface area (Å²) in [6.07, 6.45) is 1.67. The highest BCUT2D eigenvalue weighted by Gasteiger charge is 2.34. The lowest BCUT2D eigenvalue weighted by atomic mass is 10.1. The van der Waals surface area contributed by atoms with Gasteiger partial charge in [0.15, 0.2) is 0 Å². The fourth-order valence-corrected chi connectivity index (χ4v) is 6.05. The average Bonchev–Trinajstić information content (AvgIpc) is 2.95. The molecule has 1 unspecified atom stereocenters. The van der Waals surface area contributed by atoms with Gasteiger partial charge in [-0.15, -0.1) is 0 Å². The maximum absolute atomic E-state index is 14.1. The fraction of sp³-hybridized carbons (Fsp3) is 0.333. The summed E-state index contributed by atoms with van der Waals surface area (Å²) in [4.78, 5) is 28.8. The van der Waals surface area contributed by atoms with Crippen LogP contribution in [0.5, 0.6) is 0 Å². The topological polar surface area (TPSA) is 86.8 Å². The number of hydrogen-bond acceptors (Lipinski definition) is 4. The number of sulfonamides is 1. The largest absolute Gasteiger partial charge is 0.354 e. The summed E-state index contributed by atoms with van der Waals surface area (Å²) in [5.41, 5.74) is 1.88. The number of nitrogens with one attached hydrogen (secondary N) is 1. The summed E-state index contributed by atoms with van der Waals surface area (Å²) >= 11 is 6.43. The summed E-state index contributed by atoms with van der Waals surface area (Å²) in [7, 11) is -4.10. The van der Waals surface area contributed by atoms with Crippen LogP contribution in [0.1, 0.15) is 44.7 Å². The number of carbonyl (C=O) groups is 2. The third-order valence-electron chi connectivity index (χ3n) is 6.48. The van der Waals surface area contributed by atoms with E-state index in [1.807, 2.05) is 39.0 Å². The first-order chi connectivity index (χ1) is 18.7. The summed E-state index contributed by atoms with van der Waals surface area (Å²) < 4.78 is 29.0. The Morgan fingerprint density at radius 3 is 2.10 bits per heavy atom. The summed E-state index contributed by atoms with van der Waals surface area (Å²) in [5.74, 6) is -0.787. The molecule has 0 bridgehead atoms. The van der Waals surface area contributed by atoms with Gasteiger partial charge in [0.1, 0.15) is 12.6 Å². The van der Waals surface area contributed by atoms with Crippen molar-refractivity contribution in [3.63, 3.8) is 0 Å². The molecule has 0 aliphatic heterocycles. The minimum Gasteiger partial charge on any atom is -0.354 e. The molecule has 9 heteroatoms. The van der Waals surface area contributed by atoms with Gasteiger partial charge in [0, 0.05) is 18.1 Å². The molecule has 0 saturated carbocycles. The van der Waals surface area contributed by atoms with Crippen molar-refractivity contribution < 1.29 is 18.0 Å². The third kappa shape index (κ3) is 7.40. The molecule has 208 valence electrons. The van der Waals surface area contributed by atoms with Crippen LogP contribution in [0.4, 0.5) is 5.69 Å². The van der Waals surface area contributed by atoms with Crippen molar-refractivity contribution in [2.24, 2.45) is 0 Å². The van der Waals surface area contributed by atoms with E-state index in [4.69, 9.17) is 11.6 Å². The van der Waals surface area contributed by atoms with Crippen LogP contribution in [0, 0.1) is 0 Å². The van der Waals surface area contributed by atoms with Gasteiger partial charge in [-0.1, -0.05) is 87.0 Å². The first-order valence-corrected chi connectivity index (χ1v) is 15.0. The SMILES string of the molecule is CCCNC(=O)C(CC)N(Cc1ccccc1Cl)C(=O)CN(c1ccccc1CC)S(=O)(=O)c1ccccc1. The van der Waals surface area contributed by atoms with Gasteiger partial charge in [-0.05, 0) is 54.7 Å². The van der Waals surface area contributed by atoms with Gasteiger partial charge in [0.05, 0.1) is 10.6 Å². The molecular weight excluding hydrogens is 534 g/mol. The highest BCUT2D eigenvalue weighted by Crippen LogP contribution is 2.28. The van der Waals surface area contributed by atoms with E-state index in [2.05, 4.69) is 5.32 Å². The van der Waals surface area contributed by atoms with Crippen LogP contribution in [0.2, 0.25) is 5.02 Å². The molecule has 3 aromatic carbocycles. The number of benzene rings is 3. The number of aryl methyl sites for hydroxylation is 1. The number of amides is 2. The Balaban J connectivity index is 2.09. The smallest absolute Gasteiger partial charge is 0.264 e. The lowest BCUT2D eigenvalue weighted by Crippen LogP contribution is -2.52. The van der Waals surface area contributed by atoms with Crippen molar-refractivity contribution in [1.29, 1.82) is 0 Å². The number of hydrogen-bond donors (Lipinski definition) is 1. The molecule has 0 radical (unpaired) electrons. The van der Waals surface area contributed by atoms with E-state index in [1.165, 1.54) is 17.0 Å². The molecule has 0 aliphatic carbocycles. The van der Waals surface area contributed by atoms with Crippen LogP contribution in [0.25, 0.3) is 0 Å². The van der Waals surface area contributed by atoms with E-state index < -0.39 is 28.5 Å². The molecule has 2 amide bonds. The highest BCUT2D eigenvalue weighted by molar-refractivity contribution is 7.92. The first-order valence-electron chi connectivity index (χ1n) is 13.2. The first kappa shape index (κ1) is 30.2. The number of halogens is 1. The lowest BCUT2D eigenvalue weighted by molar-refractivity contribution is -0.140. The summed E-state index contributed by atoms with van der Waals surface area (Å²) in [6.45, 7) is 5.77. The molecule has 0 aliphatic rings. The molecule has 3 aromatic rings. The average molecular weight is 570 g/mol. The Labute approximate surface area is 236 Å². The molecule has 0 saturated heterocycles. The number of anilines is 1. The standard InChI is InChI=1S/C30H36ClN3O4S/c1-4-20-32-30(36)27(6-3)33(21-24-15-10-12-18-26(24)31)29(35)22-34(28-19-13-11-14-23(28)5-2)39(37,38)25-16-8-7-9-17-25/h7-19,27H,4-6,20-22H2,1-3H3,(H,32,36). The molecule has 7 nitrogen and oxygen atoms in total. The minimum absolute atomic E-state index is 0.0607. The van der Waals surface area contributed by atoms with Gasteiger partial charge in [-0.2, -0.15) is 0 Å². The second kappa shape index (κ2) is 14.1. The van der Waals surface area contributed by atoms with Gasteiger partial charge < -0.3 is 10.2 Å². The van der Waals surface area contributed by atoms with Crippen molar-refractivity contribution in [2.45, 2.75) is 57.5 Å². The zero-order valence-electron chi connectivity index (χ0n) is 22.6. The van der Waals surface area contributed by atoms with E-state index >= 15 is 0 Å². The Morgan fingerprint density at radius 2 is 1.49 bits per heavy atom. The van der Waals surface area contributed by atoms with Crippen molar-refractivity contribution in [3.8, 4) is 0 Å². The number of nitrogens with zero attached hydrogens (tertiary/aromatic N) is 2. The second-order valence-electron chi connectivity index (χ2n) is 9.14. The lowest BCUT2D eigenvalue weighted by Gasteiger charge is -2.33. The van der Waals surface area contributed by atoms with E-state index in [9.17, 15) is 18.0 Å². The van der Waals surface area contributed by atoms with Crippen molar-refractivity contribution >= 4 is 39.1 Å². The molecule has 39 heavy (non-hydrogen) atoms. The third-order valence-corrected chi connectivity index (χ3v) is 8.63. The van der Waals surface area contributed by atoms with E-state index in [1.54, 1.807) is 48.5 Å². The van der Waals surface area contributed by atoms with Gasteiger partial charge in [0.2, 0.25) is 11.8 Å². The number of carbonyl (C=O) groups excluding carboxylic acids is 2. The highest BCUT2D eigenvalue weighted by atomic mass is 35.5. The Morgan fingerprint density at radius 1 is 0.872 bits per heavy atom. The van der Waals surface area contributed by atoms with Crippen LogP contribution in [0.3, 0.4) is 0 Å². The number of rotatable bonds is 13. The quantitative estimate of drug-likeness (QED) is 0.297. The maximum Gasteiger partial charge on any atom is 0.264 e. The molecule has 1 N–H and O–H groups in total. The van der Waals surface area contributed by atoms with Crippen LogP contribution < -0.4 is 9.62 Å². The van der Waals surface area contributed by atoms with Gasteiger partial charge >= 0.3 is 0 Å². The summed E-state index contributed by atoms with van der Waals surface area (Å²) in [6, 6.07) is 21.5. The predicted molar refractivity (Wildman–Crippen MR) is 156 cm³/mol. The molecule has 1 atom stereocenters. The molecule has 0 fully saturated rings.